The Morgan fingerprint density at radius 3 is 1.53 bits per heavy atom. The van der Waals surface area contributed by atoms with Gasteiger partial charge in [-0.2, -0.15) is 10.2 Å². The highest BCUT2D eigenvalue weighted by molar-refractivity contribution is 9.10. The number of nitrogens with zero attached hydrogens (tertiary/aromatic N) is 9. The number of hydrogen-bond donors (Lipinski definition) is 3. The second-order valence-electron chi connectivity index (χ2n) is 20.6. The first-order valence-electron chi connectivity index (χ1n) is 24.7. The van der Waals surface area contributed by atoms with Crippen molar-refractivity contribution in [3.63, 3.8) is 0 Å². The molecule has 22 heteroatoms. The molecule has 4 aromatic carbocycles. The Morgan fingerprint density at radius 1 is 0.636 bits per heavy atom. The Kier molecular flexibility index (Phi) is 22.0. The molecule has 0 radical (unpaired) electrons. The number of benzene rings is 4. The summed E-state index contributed by atoms with van der Waals surface area (Å²) in [6, 6.07) is 22.1. The van der Waals surface area contributed by atoms with E-state index in [1.807, 2.05) is 80.6 Å². The third-order valence-corrected chi connectivity index (χ3v) is 12.5. The molecule has 0 fully saturated rings. The highest BCUT2D eigenvalue weighted by atomic mass is 79.9. The Morgan fingerprint density at radius 2 is 1.10 bits per heavy atom. The number of amides is 3. The van der Waals surface area contributed by atoms with E-state index in [0.717, 1.165) is 55.0 Å². The third-order valence-electron chi connectivity index (χ3n) is 11.5. The molecule has 414 valence electrons. The zero-order chi connectivity index (χ0) is 56.8. The van der Waals surface area contributed by atoms with Crippen molar-refractivity contribution in [3.8, 4) is 22.5 Å². The van der Waals surface area contributed by atoms with Crippen molar-refractivity contribution in [1.29, 1.82) is 0 Å². The number of aromatic amines is 2. The van der Waals surface area contributed by atoms with Gasteiger partial charge in [-0.25, -0.2) is 23.4 Å². The van der Waals surface area contributed by atoms with E-state index in [1.54, 1.807) is 65.6 Å². The first-order valence-corrected chi connectivity index (χ1v) is 26.3. The van der Waals surface area contributed by atoms with Crippen molar-refractivity contribution >= 4 is 77.7 Å². The van der Waals surface area contributed by atoms with E-state index in [1.165, 1.54) is 53.2 Å². The van der Waals surface area contributed by atoms with Crippen LogP contribution in [0.3, 0.4) is 0 Å². The summed E-state index contributed by atoms with van der Waals surface area (Å²) in [6.45, 7) is 14.6. The summed E-state index contributed by atoms with van der Waals surface area (Å²) in [4.78, 5) is 59.8. The van der Waals surface area contributed by atoms with Crippen molar-refractivity contribution in [2.45, 2.75) is 65.8 Å². The van der Waals surface area contributed by atoms with Crippen LogP contribution in [-0.4, -0.2) is 171 Å². The maximum atomic E-state index is 15.0. The molecule has 0 unspecified atom stereocenters. The largest absolute Gasteiger partial charge is 0.444 e. The summed E-state index contributed by atoms with van der Waals surface area (Å²) in [5.41, 5.74) is 4.48. The van der Waals surface area contributed by atoms with E-state index in [0.29, 0.717) is 48.7 Å². The monoisotopic (exact) mass is 1190 g/mol. The van der Waals surface area contributed by atoms with Crippen molar-refractivity contribution in [2.24, 2.45) is 0 Å². The van der Waals surface area contributed by atoms with Crippen molar-refractivity contribution in [2.75, 3.05) is 81.6 Å². The Labute approximate surface area is 465 Å². The molecule has 0 aliphatic carbocycles. The summed E-state index contributed by atoms with van der Waals surface area (Å²) >= 11 is 6.86. The molecule has 3 heterocycles. The van der Waals surface area contributed by atoms with Gasteiger partial charge < -0.3 is 39.3 Å². The van der Waals surface area contributed by atoms with Gasteiger partial charge in [0, 0.05) is 104 Å². The van der Waals surface area contributed by atoms with Gasteiger partial charge in [-0.3, -0.25) is 24.4 Å². The topological polar surface area (TPSA) is 190 Å². The van der Waals surface area contributed by atoms with Gasteiger partial charge >= 0.3 is 12.2 Å². The average molecular weight is 1190 g/mol. The first kappa shape index (κ1) is 61.3. The summed E-state index contributed by atoms with van der Waals surface area (Å²) < 4.78 is 43.2. The molecule has 0 saturated heterocycles. The van der Waals surface area contributed by atoms with Gasteiger partial charge in [0.1, 0.15) is 53.6 Å². The quantitative estimate of drug-likeness (QED) is 0.0832. The number of nitrogens with one attached hydrogen (secondary N) is 3. The molecule has 0 atom stereocenters. The van der Waals surface area contributed by atoms with Gasteiger partial charge in [-0.15, -0.1) is 0 Å². The van der Waals surface area contributed by atoms with Crippen LogP contribution >= 0.6 is 31.9 Å². The fraction of sp³-hybridized carbons (Fsp3) is 0.400. The lowest BCUT2D eigenvalue weighted by Crippen LogP contribution is -2.43. The molecule has 0 aliphatic heterocycles. The van der Waals surface area contributed by atoms with Crippen LogP contribution in [0.15, 0.2) is 100 Å². The predicted molar refractivity (Wildman–Crippen MR) is 303 cm³/mol. The first-order chi connectivity index (χ1) is 36.2. The van der Waals surface area contributed by atoms with Crippen LogP contribution in [0.25, 0.3) is 44.3 Å². The van der Waals surface area contributed by atoms with Crippen LogP contribution in [0.1, 0.15) is 57.5 Å². The summed E-state index contributed by atoms with van der Waals surface area (Å²) in [5.74, 6) is -1.01. The Bertz CT molecular complexity index is 3100. The van der Waals surface area contributed by atoms with Crippen LogP contribution in [0.2, 0.25) is 0 Å². The third kappa shape index (κ3) is 18.8. The number of hydrogen-bond acceptors (Lipinski definition) is 12. The lowest BCUT2D eigenvalue weighted by atomic mass is 10.0. The van der Waals surface area contributed by atoms with Crippen LogP contribution in [0.4, 0.5) is 18.4 Å². The molecule has 0 spiro atoms. The van der Waals surface area contributed by atoms with Crippen LogP contribution in [0, 0.1) is 11.6 Å². The fourth-order valence-electron chi connectivity index (χ4n) is 7.45. The maximum absolute atomic E-state index is 15.0. The zero-order valence-electron chi connectivity index (χ0n) is 45.8. The predicted octanol–water partition coefficient (Wildman–Crippen LogP) is 10.1. The lowest BCUT2D eigenvalue weighted by Gasteiger charge is -2.27. The maximum Gasteiger partial charge on any atom is 0.410 e. The number of H-pyrrole nitrogens is 2. The van der Waals surface area contributed by atoms with Gasteiger partial charge in [0.15, 0.2) is 0 Å². The zero-order valence-corrected chi connectivity index (χ0v) is 49.0. The lowest BCUT2D eigenvalue weighted by molar-refractivity contribution is -0.131. The molecule has 0 aliphatic rings. The number of ether oxygens (including phenoxy) is 2. The van der Waals surface area contributed by atoms with E-state index in [4.69, 9.17) is 9.47 Å². The Balaban J connectivity index is 0.000000230. The molecule has 18 nitrogen and oxygen atoms in total. The number of fused-ring (bicyclic) bond motifs is 2. The van der Waals surface area contributed by atoms with Crippen LogP contribution in [0.5, 0.6) is 0 Å². The van der Waals surface area contributed by atoms with Gasteiger partial charge in [-0.05, 0) is 134 Å². The molecular weight excluding hydrogens is 1120 g/mol. The normalized spacial score (nSPS) is 11.5. The number of carbonyl (C=O) groups is 4. The van der Waals surface area contributed by atoms with E-state index < -0.39 is 23.4 Å². The SMILES string of the molecule is CN(CC(=O)n1ccnc1)C(=O)OC(C)(C)C.CN(CCN(C)C(=O)CN(C)C(=O)OC(C)(C)C)Cc1ccc(-c2n[nH]c3cc(Br)ccc23)c(F)c1.CNCCN(C)Cc1ccc(-c2n[nH]c3cc(Br)ccc23)c(F)c1. The number of halogens is 4. The number of imidazole rings is 1. The van der Waals surface area contributed by atoms with Gasteiger partial charge in [-0.1, -0.05) is 44.0 Å². The van der Waals surface area contributed by atoms with Gasteiger partial charge in [0.2, 0.25) is 5.91 Å². The van der Waals surface area contributed by atoms with Crippen molar-refractivity contribution in [3.05, 3.63) is 123 Å². The molecule has 7 rings (SSSR count). The average Bonchev–Trinajstić information content (AvgIpc) is 4.14. The summed E-state index contributed by atoms with van der Waals surface area (Å²) in [6.07, 6.45) is 3.37. The number of carbonyl (C=O) groups excluding carboxylic acids is 4. The molecule has 0 saturated carbocycles. The highest BCUT2D eigenvalue weighted by Crippen LogP contribution is 2.32. The standard InChI is InChI=1S/C26H33BrFN5O3.C18H20BrFN4.C11H17N3O3/c1-26(2,3)36-25(35)33(6)16-23(34)32(5)12-11-31(4)15-17-7-9-19(21(28)13-17)24-20-10-8-18(27)14-22(20)29-30-24;1-21-7-8-24(2)11-12-3-5-14(16(20)9-12)18-15-6-4-13(19)10-17(15)22-23-18;1-11(2,3)17-10(16)13(4)7-9(15)14-6-5-12-8-14/h7-10,13-14H,11-12,15-16H2,1-6H3,(H,29,30);3-6,9-10,21H,7-8,11H2,1-2H3,(H,22,23);5-6,8H,7H2,1-4H3. The molecule has 3 amide bonds. The van der Waals surface area contributed by atoms with E-state index in [9.17, 15) is 23.6 Å². The molecule has 77 heavy (non-hydrogen) atoms. The fourth-order valence-corrected chi connectivity index (χ4v) is 8.17. The minimum atomic E-state index is -0.621. The number of aromatic nitrogens is 6. The van der Waals surface area contributed by atoms with E-state index in [-0.39, 0.29) is 36.5 Å². The second kappa shape index (κ2) is 27.6. The number of likely N-dealkylation sites (N-methyl/N-ethyl adjacent to an activating group) is 6. The van der Waals surface area contributed by atoms with Gasteiger partial charge in [0.05, 0.1) is 11.0 Å². The van der Waals surface area contributed by atoms with Crippen LogP contribution < -0.4 is 5.32 Å². The smallest absolute Gasteiger partial charge is 0.410 e. The molecule has 7 aromatic rings. The van der Waals surface area contributed by atoms with Gasteiger partial charge in [0.25, 0.3) is 5.91 Å². The van der Waals surface area contributed by atoms with E-state index in [2.05, 4.69) is 67.5 Å². The summed E-state index contributed by atoms with van der Waals surface area (Å²) in [5, 5.41) is 19.4. The number of rotatable bonds is 16. The molecular formula is C55H70Br2F2N12O6. The van der Waals surface area contributed by atoms with Crippen LogP contribution in [-0.2, 0) is 27.4 Å². The molecule has 3 N–H and O–H groups in total. The second-order valence-corrected chi connectivity index (χ2v) is 22.4. The van der Waals surface area contributed by atoms with Crippen molar-refractivity contribution < 1.29 is 37.4 Å². The minimum absolute atomic E-state index is 0.0503. The molecule has 3 aromatic heterocycles. The molecule has 0 bridgehead atoms. The minimum Gasteiger partial charge on any atom is -0.444 e. The highest BCUT2D eigenvalue weighted by Gasteiger charge is 2.24. The Hall–Kier alpha value is -6.59. The van der Waals surface area contributed by atoms with E-state index >= 15 is 4.39 Å². The summed E-state index contributed by atoms with van der Waals surface area (Å²) in [7, 11) is 10.6. The van der Waals surface area contributed by atoms with Crippen molar-refractivity contribution in [1.82, 2.24) is 59.8 Å².